The maximum atomic E-state index is 12.4. The van der Waals surface area contributed by atoms with Gasteiger partial charge in [-0.2, -0.15) is 4.31 Å². The fourth-order valence-corrected chi connectivity index (χ4v) is 4.85. The van der Waals surface area contributed by atoms with Crippen LogP contribution in [0.2, 0.25) is 0 Å². The Labute approximate surface area is 153 Å². The predicted molar refractivity (Wildman–Crippen MR) is 101 cm³/mol. The molecule has 5 nitrogen and oxygen atoms in total. The van der Waals surface area contributed by atoms with E-state index in [2.05, 4.69) is 19.2 Å². The van der Waals surface area contributed by atoms with E-state index in [0.717, 1.165) is 27.6 Å². The zero-order valence-electron chi connectivity index (χ0n) is 14.7. The van der Waals surface area contributed by atoms with Gasteiger partial charge in [-0.05, 0) is 29.3 Å². The largest absolute Gasteiger partial charge is 0.348 e. The number of hydrogen-bond donors (Lipinski definition) is 1. The summed E-state index contributed by atoms with van der Waals surface area (Å²) in [6.45, 7) is 3.98. The van der Waals surface area contributed by atoms with Gasteiger partial charge in [-0.1, -0.05) is 50.2 Å². The molecule has 1 amide bonds. The summed E-state index contributed by atoms with van der Waals surface area (Å²) < 4.78 is 26.2. The standard InChI is InChI=1S/C18H24N2O3S2/c1-14(2)12-16(15-8-5-4-6-9-15)19-17(21)13-20(3)25(22,23)18-10-7-11-24-18/h4-11,14,16H,12-13H2,1-3H3,(H,19,21)/t16-/m0/s1. The Morgan fingerprint density at radius 3 is 2.40 bits per heavy atom. The number of likely N-dealkylation sites (N-methyl/N-ethyl adjacent to an activating group) is 1. The summed E-state index contributed by atoms with van der Waals surface area (Å²) in [5.41, 5.74) is 1.02. The Kier molecular flexibility index (Phi) is 6.75. The second kappa shape index (κ2) is 8.60. The van der Waals surface area contributed by atoms with Crippen molar-refractivity contribution in [3.63, 3.8) is 0 Å². The van der Waals surface area contributed by atoms with Crippen molar-refractivity contribution in [1.82, 2.24) is 9.62 Å². The second-order valence-corrected chi connectivity index (χ2v) is 9.57. The van der Waals surface area contributed by atoms with Crippen LogP contribution in [-0.4, -0.2) is 32.2 Å². The number of thiophene rings is 1. The molecule has 0 saturated carbocycles. The number of nitrogens with one attached hydrogen (secondary N) is 1. The highest BCUT2D eigenvalue weighted by atomic mass is 32.2. The van der Waals surface area contributed by atoms with Crippen LogP contribution in [0.1, 0.15) is 31.9 Å². The van der Waals surface area contributed by atoms with Crippen LogP contribution in [0.5, 0.6) is 0 Å². The molecule has 2 rings (SSSR count). The van der Waals surface area contributed by atoms with E-state index in [1.807, 2.05) is 30.3 Å². The van der Waals surface area contributed by atoms with Crippen molar-refractivity contribution in [1.29, 1.82) is 0 Å². The fourth-order valence-electron chi connectivity index (χ4n) is 2.53. The van der Waals surface area contributed by atoms with E-state index >= 15 is 0 Å². The van der Waals surface area contributed by atoms with Crippen molar-refractivity contribution < 1.29 is 13.2 Å². The molecule has 1 atom stereocenters. The second-order valence-electron chi connectivity index (χ2n) is 6.35. The van der Waals surface area contributed by atoms with Gasteiger partial charge in [-0.25, -0.2) is 8.42 Å². The highest BCUT2D eigenvalue weighted by Gasteiger charge is 2.25. The number of amides is 1. The third-order valence-corrected chi connectivity index (χ3v) is 6.95. The third-order valence-electron chi connectivity index (χ3n) is 3.77. The molecule has 0 aliphatic heterocycles. The van der Waals surface area contributed by atoms with Gasteiger partial charge >= 0.3 is 0 Å². The van der Waals surface area contributed by atoms with Gasteiger partial charge in [0.05, 0.1) is 12.6 Å². The van der Waals surface area contributed by atoms with E-state index in [1.54, 1.807) is 17.5 Å². The van der Waals surface area contributed by atoms with Gasteiger partial charge in [-0.15, -0.1) is 11.3 Å². The molecule has 7 heteroatoms. The number of benzene rings is 1. The van der Waals surface area contributed by atoms with Crippen LogP contribution in [-0.2, 0) is 14.8 Å². The minimum atomic E-state index is -3.62. The molecule has 0 saturated heterocycles. The monoisotopic (exact) mass is 380 g/mol. The molecule has 0 fully saturated rings. The number of carbonyl (C=O) groups excluding carboxylic acids is 1. The first-order chi connectivity index (χ1) is 11.8. The molecule has 0 unspecified atom stereocenters. The zero-order chi connectivity index (χ0) is 18.4. The van der Waals surface area contributed by atoms with E-state index in [9.17, 15) is 13.2 Å². The first-order valence-corrected chi connectivity index (χ1v) is 10.5. The molecule has 1 aromatic carbocycles. The van der Waals surface area contributed by atoms with E-state index in [-0.39, 0.29) is 22.7 Å². The number of hydrogen-bond acceptors (Lipinski definition) is 4. The first-order valence-electron chi connectivity index (χ1n) is 8.15. The molecule has 1 heterocycles. The number of nitrogens with zero attached hydrogens (tertiary/aromatic N) is 1. The topological polar surface area (TPSA) is 66.5 Å². The minimum absolute atomic E-state index is 0.133. The van der Waals surface area contributed by atoms with Crippen LogP contribution in [0.15, 0.2) is 52.1 Å². The Morgan fingerprint density at radius 1 is 1.16 bits per heavy atom. The third kappa shape index (κ3) is 5.39. The van der Waals surface area contributed by atoms with Crippen molar-refractivity contribution in [2.45, 2.75) is 30.5 Å². The summed E-state index contributed by atoms with van der Waals surface area (Å²) >= 11 is 1.14. The zero-order valence-corrected chi connectivity index (χ0v) is 16.3. The molecular weight excluding hydrogens is 356 g/mol. The summed E-state index contributed by atoms with van der Waals surface area (Å²) in [5, 5.41) is 4.67. The van der Waals surface area contributed by atoms with E-state index in [4.69, 9.17) is 0 Å². The lowest BCUT2D eigenvalue weighted by Crippen LogP contribution is -2.39. The lowest BCUT2D eigenvalue weighted by Gasteiger charge is -2.23. The summed E-state index contributed by atoms with van der Waals surface area (Å²) in [6, 6.07) is 12.8. The van der Waals surface area contributed by atoms with Gasteiger partial charge < -0.3 is 5.32 Å². The first kappa shape index (κ1) is 19.6. The molecule has 2 aromatic rings. The van der Waals surface area contributed by atoms with Gasteiger partial charge in [0.2, 0.25) is 5.91 Å². The van der Waals surface area contributed by atoms with Crippen molar-refractivity contribution in [2.75, 3.05) is 13.6 Å². The number of carbonyl (C=O) groups is 1. The molecule has 1 aromatic heterocycles. The van der Waals surface area contributed by atoms with Crippen molar-refractivity contribution in [3.8, 4) is 0 Å². The van der Waals surface area contributed by atoms with Gasteiger partial charge in [0.25, 0.3) is 10.0 Å². The molecule has 25 heavy (non-hydrogen) atoms. The van der Waals surface area contributed by atoms with Gasteiger partial charge in [0.1, 0.15) is 4.21 Å². The molecule has 0 aliphatic carbocycles. The quantitative estimate of drug-likeness (QED) is 0.764. The number of sulfonamides is 1. The predicted octanol–water partition coefficient (Wildman–Crippen LogP) is 3.27. The highest BCUT2D eigenvalue weighted by molar-refractivity contribution is 7.91. The summed E-state index contributed by atoms with van der Waals surface area (Å²) in [6.07, 6.45) is 0.789. The van der Waals surface area contributed by atoms with Crippen LogP contribution in [0.3, 0.4) is 0 Å². The summed E-state index contributed by atoms with van der Waals surface area (Å²) in [5.74, 6) is 0.0928. The lowest BCUT2D eigenvalue weighted by atomic mass is 9.97. The van der Waals surface area contributed by atoms with E-state index < -0.39 is 10.0 Å². The Bertz CT molecular complexity index is 772. The SMILES string of the molecule is CC(C)C[C@H](NC(=O)CN(C)S(=O)(=O)c1cccs1)c1ccccc1. The van der Waals surface area contributed by atoms with Crippen molar-refractivity contribution >= 4 is 27.3 Å². The van der Waals surface area contributed by atoms with Gasteiger partial charge in [0, 0.05) is 7.05 Å². The van der Waals surface area contributed by atoms with Crippen LogP contribution < -0.4 is 5.32 Å². The normalized spacial score (nSPS) is 13.2. The van der Waals surface area contributed by atoms with Crippen LogP contribution >= 0.6 is 11.3 Å². The summed E-state index contributed by atoms with van der Waals surface area (Å²) in [7, 11) is -2.20. The van der Waals surface area contributed by atoms with E-state index in [0.29, 0.717) is 5.92 Å². The van der Waals surface area contributed by atoms with Crippen molar-refractivity contribution in [2.24, 2.45) is 5.92 Å². The molecule has 0 aliphatic rings. The number of rotatable bonds is 8. The Morgan fingerprint density at radius 2 is 1.84 bits per heavy atom. The average Bonchev–Trinajstić information content (AvgIpc) is 3.09. The fraction of sp³-hybridized carbons (Fsp3) is 0.389. The Hall–Kier alpha value is -1.70. The maximum Gasteiger partial charge on any atom is 0.252 e. The Balaban J connectivity index is 2.06. The van der Waals surface area contributed by atoms with Crippen LogP contribution in [0.25, 0.3) is 0 Å². The molecule has 0 radical (unpaired) electrons. The van der Waals surface area contributed by atoms with Crippen molar-refractivity contribution in [3.05, 3.63) is 53.4 Å². The van der Waals surface area contributed by atoms with Gasteiger partial charge in [-0.3, -0.25) is 4.79 Å². The van der Waals surface area contributed by atoms with Crippen LogP contribution in [0.4, 0.5) is 0 Å². The summed E-state index contributed by atoms with van der Waals surface area (Å²) in [4.78, 5) is 12.4. The lowest BCUT2D eigenvalue weighted by molar-refractivity contribution is -0.122. The highest BCUT2D eigenvalue weighted by Crippen LogP contribution is 2.22. The minimum Gasteiger partial charge on any atom is -0.348 e. The molecule has 0 spiro atoms. The van der Waals surface area contributed by atoms with Crippen LogP contribution in [0, 0.1) is 5.92 Å². The smallest absolute Gasteiger partial charge is 0.252 e. The molecule has 1 N–H and O–H groups in total. The van der Waals surface area contributed by atoms with Gasteiger partial charge in [0.15, 0.2) is 0 Å². The maximum absolute atomic E-state index is 12.4. The average molecular weight is 381 g/mol. The molecule has 0 bridgehead atoms. The molecule has 136 valence electrons. The van der Waals surface area contributed by atoms with E-state index in [1.165, 1.54) is 7.05 Å². The molecular formula is C18H24N2O3S2.